The fourth-order valence-electron chi connectivity index (χ4n) is 2.55. The summed E-state index contributed by atoms with van der Waals surface area (Å²) < 4.78 is 2.58. The van der Waals surface area contributed by atoms with E-state index in [4.69, 9.17) is 0 Å². The average molecular weight is 431 g/mol. The molecule has 0 aliphatic heterocycles. The van der Waals surface area contributed by atoms with E-state index in [0.29, 0.717) is 36.3 Å². The molecule has 8 nitrogen and oxygen atoms in total. The Morgan fingerprint density at radius 3 is 2.71 bits per heavy atom. The zero-order chi connectivity index (χ0) is 19.7. The van der Waals surface area contributed by atoms with Gasteiger partial charge in [0, 0.05) is 16.8 Å². The van der Waals surface area contributed by atoms with Crippen LogP contribution in [0, 0.1) is 6.92 Å². The molecule has 11 heteroatoms. The first-order chi connectivity index (χ1) is 13.5. The van der Waals surface area contributed by atoms with Gasteiger partial charge in [-0.05, 0) is 37.2 Å². The van der Waals surface area contributed by atoms with Crippen LogP contribution in [0.15, 0.2) is 43.8 Å². The predicted octanol–water partition coefficient (Wildman–Crippen LogP) is 3.28. The standard InChI is InChI=1S/C17H14N6O2S3/c1-3-11-9(2)18-15-23(13(11)25)22-17(27-15)28-16-21-20-14(26-16)19-12(24)10-7-5-4-6-8-10/h4-8H,3H2,1-2H3,(H,19,20,24). The molecule has 1 aromatic carbocycles. The average Bonchev–Trinajstić information content (AvgIpc) is 3.29. The number of hydrogen-bond acceptors (Lipinski definition) is 9. The van der Waals surface area contributed by atoms with E-state index in [1.54, 1.807) is 24.3 Å². The van der Waals surface area contributed by atoms with Crippen LogP contribution in [0.4, 0.5) is 5.13 Å². The van der Waals surface area contributed by atoms with Crippen molar-refractivity contribution in [2.75, 3.05) is 5.32 Å². The Morgan fingerprint density at radius 2 is 1.96 bits per heavy atom. The molecule has 1 amide bonds. The Balaban J connectivity index is 1.53. The minimum Gasteiger partial charge on any atom is -0.296 e. The Bertz CT molecular complexity index is 1210. The van der Waals surface area contributed by atoms with Crippen molar-refractivity contribution in [2.24, 2.45) is 0 Å². The van der Waals surface area contributed by atoms with Crippen LogP contribution in [0.3, 0.4) is 0 Å². The van der Waals surface area contributed by atoms with Gasteiger partial charge >= 0.3 is 0 Å². The van der Waals surface area contributed by atoms with Gasteiger partial charge in [-0.1, -0.05) is 47.8 Å². The van der Waals surface area contributed by atoms with Gasteiger partial charge in [-0.15, -0.1) is 15.3 Å². The second-order valence-corrected chi connectivity index (χ2v) is 9.12. The summed E-state index contributed by atoms with van der Waals surface area (Å²) in [5, 5.41) is 15.6. The number of nitrogens with zero attached hydrogens (tertiary/aromatic N) is 5. The van der Waals surface area contributed by atoms with Gasteiger partial charge in [-0.3, -0.25) is 14.9 Å². The molecule has 4 aromatic rings. The molecule has 3 aromatic heterocycles. The van der Waals surface area contributed by atoms with Crippen LogP contribution in [0.25, 0.3) is 4.96 Å². The lowest BCUT2D eigenvalue weighted by molar-refractivity contribution is 0.102. The van der Waals surface area contributed by atoms with Gasteiger partial charge in [0.15, 0.2) is 8.68 Å². The van der Waals surface area contributed by atoms with E-state index < -0.39 is 0 Å². The number of anilines is 1. The van der Waals surface area contributed by atoms with Crippen LogP contribution in [-0.4, -0.2) is 30.7 Å². The second kappa shape index (κ2) is 7.78. The topological polar surface area (TPSA) is 102 Å². The largest absolute Gasteiger partial charge is 0.296 e. The van der Waals surface area contributed by atoms with Crippen LogP contribution >= 0.6 is 34.4 Å². The third-order valence-corrected chi connectivity index (χ3v) is 6.73. The van der Waals surface area contributed by atoms with E-state index in [2.05, 4.69) is 25.6 Å². The van der Waals surface area contributed by atoms with Crippen LogP contribution in [0.1, 0.15) is 28.5 Å². The monoisotopic (exact) mass is 430 g/mol. The molecular weight excluding hydrogens is 416 g/mol. The van der Waals surface area contributed by atoms with Gasteiger partial charge in [-0.25, -0.2) is 4.98 Å². The van der Waals surface area contributed by atoms with E-state index in [9.17, 15) is 9.59 Å². The molecular formula is C17H14N6O2S3. The van der Waals surface area contributed by atoms with Crippen molar-refractivity contribution < 1.29 is 4.79 Å². The molecule has 0 spiro atoms. The predicted molar refractivity (Wildman–Crippen MR) is 110 cm³/mol. The lowest BCUT2D eigenvalue weighted by Gasteiger charge is -1.99. The molecule has 0 unspecified atom stereocenters. The van der Waals surface area contributed by atoms with E-state index in [0.717, 1.165) is 5.69 Å². The Labute approximate surface area is 171 Å². The van der Waals surface area contributed by atoms with Crippen molar-refractivity contribution in [3.63, 3.8) is 0 Å². The summed E-state index contributed by atoms with van der Waals surface area (Å²) >= 11 is 3.84. The molecule has 0 aliphatic carbocycles. The maximum absolute atomic E-state index is 12.5. The van der Waals surface area contributed by atoms with Crippen molar-refractivity contribution in [1.82, 2.24) is 24.8 Å². The Hall–Kier alpha value is -2.63. The smallest absolute Gasteiger partial charge is 0.278 e. The highest BCUT2D eigenvalue weighted by molar-refractivity contribution is 8.02. The minimum absolute atomic E-state index is 0.138. The van der Waals surface area contributed by atoms with Gasteiger partial charge in [0.2, 0.25) is 10.1 Å². The number of aromatic nitrogens is 5. The lowest BCUT2D eigenvalue weighted by Crippen LogP contribution is -2.21. The molecule has 0 saturated carbocycles. The summed E-state index contributed by atoms with van der Waals surface area (Å²) in [6.07, 6.45) is 0.613. The Kier molecular flexibility index (Phi) is 5.20. The van der Waals surface area contributed by atoms with Crippen molar-refractivity contribution in [3.8, 4) is 0 Å². The molecule has 0 radical (unpaired) electrons. The third-order valence-electron chi connectivity index (χ3n) is 3.88. The summed E-state index contributed by atoms with van der Waals surface area (Å²) in [6.45, 7) is 3.76. The van der Waals surface area contributed by atoms with Crippen LogP contribution < -0.4 is 10.9 Å². The number of fused-ring (bicyclic) bond motifs is 1. The number of carbonyl (C=O) groups excluding carboxylic acids is 1. The van der Waals surface area contributed by atoms with E-state index in [1.807, 2.05) is 19.9 Å². The molecule has 0 atom stereocenters. The van der Waals surface area contributed by atoms with Gasteiger partial charge in [0.1, 0.15) is 0 Å². The van der Waals surface area contributed by atoms with Crippen LogP contribution in [0.5, 0.6) is 0 Å². The summed E-state index contributed by atoms with van der Waals surface area (Å²) in [5.41, 5.74) is 1.81. The number of benzene rings is 1. The first-order valence-electron chi connectivity index (χ1n) is 8.32. The first kappa shape index (κ1) is 18.7. The van der Waals surface area contributed by atoms with E-state index in [1.165, 1.54) is 39.0 Å². The SMILES string of the molecule is CCc1c(C)nc2sc(Sc3nnc(NC(=O)c4ccccc4)s3)nn2c1=O. The molecule has 4 rings (SSSR count). The third kappa shape index (κ3) is 3.68. The summed E-state index contributed by atoms with van der Waals surface area (Å²) in [7, 11) is 0. The number of amides is 1. The minimum atomic E-state index is -0.244. The van der Waals surface area contributed by atoms with Gasteiger partial charge in [-0.2, -0.15) is 4.52 Å². The molecule has 0 bridgehead atoms. The molecule has 0 aliphatic rings. The molecule has 3 heterocycles. The highest BCUT2D eigenvalue weighted by atomic mass is 32.2. The van der Waals surface area contributed by atoms with Crippen LogP contribution in [-0.2, 0) is 6.42 Å². The fraction of sp³-hybridized carbons (Fsp3) is 0.176. The molecule has 28 heavy (non-hydrogen) atoms. The first-order valence-corrected chi connectivity index (χ1v) is 10.8. The molecule has 0 fully saturated rings. The van der Waals surface area contributed by atoms with E-state index in [-0.39, 0.29) is 11.5 Å². The summed E-state index contributed by atoms with van der Waals surface area (Å²) in [4.78, 5) is 29.7. The maximum atomic E-state index is 12.5. The zero-order valence-electron chi connectivity index (χ0n) is 14.9. The van der Waals surface area contributed by atoms with Gasteiger partial charge in [0.25, 0.3) is 11.5 Å². The summed E-state index contributed by atoms with van der Waals surface area (Å²) in [5.74, 6) is -0.244. The molecule has 142 valence electrons. The van der Waals surface area contributed by atoms with Crippen LogP contribution in [0.2, 0.25) is 0 Å². The van der Waals surface area contributed by atoms with E-state index >= 15 is 0 Å². The van der Waals surface area contributed by atoms with Crippen molar-refractivity contribution in [2.45, 2.75) is 28.9 Å². The normalized spacial score (nSPS) is 11.1. The highest BCUT2D eigenvalue weighted by Crippen LogP contribution is 2.34. The zero-order valence-corrected chi connectivity index (χ0v) is 17.3. The number of hydrogen-bond donors (Lipinski definition) is 1. The Morgan fingerprint density at radius 1 is 1.18 bits per heavy atom. The number of nitrogens with one attached hydrogen (secondary N) is 1. The van der Waals surface area contributed by atoms with Crippen molar-refractivity contribution in [3.05, 3.63) is 57.5 Å². The van der Waals surface area contributed by atoms with Crippen molar-refractivity contribution >= 4 is 50.4 Å². The number of carbonyl (C=O) groups is 1. The summed E-state index contributed by atoms with van der Waals surface area (Å²) in [6, 6.07) is 8.89. The quantitative estimate of drug-likeness (QED) is 0.485. The van der Waals surface area contributed by atoms with Gasteiger partial charge in [0.05, 0.1) is 0 Å². The molecule has 1 N–H and O–H groups in total. The van der Waals surface area contributed by atoms with Crippen molar-refractivity contribution in [1.29, 1.82) is 0 Å². The highest BCUT2D eigenvalue weighted by Gasteiger charge is 2.16. The number of rotatable bonds is 5. The lowest BCUT2D eigenvalue weighted by atomic mass is 10.2. The maximum Gasteiger partial charge on any atom is 0.278 e. The number of aryl methyl sites for hydroxylation is 1. The fourth-order valence-corrected chi connectivity index (χ4v) is 5.47. The van der Waals surface area contributed by atoms with Gasteiger partial charge < -0.3 is 0 Å². The second-order valence-electron chi connectivity index (χ2n) is 5.69. The molecule has 0 saturated heterocycles.